The van der Waals surface area contributed by atoms with Gasteiger partial charge in [0, 0.05) is 18.0 Å². The summed E-state index contributed by atoms with van der Waals surface area (Å²) in [6.07, 6.45) is 2.95. The van der Waals surface area contributed by atoms with E-state index in [1.165, 1.54) is 18.0 Å². The van der Waals surface area contributed by atoms with Gasteiger partial charge in [-0.1, -0.05) is 6.07 Å². The van der Waals surface area contributed by atoms with Crippen molar-refractivity contribution in [3.05, 3.63) is 41.7 Å². The van der Waals surface area contributed by atoms with Crippen molar-refractivity contribution in [3.8, 4) is 5.75 Å². The Kier molecular flexibility index (Phi) is 6.05. The highest BCUT2D eigenvalue weighted by atomic mass is 32.2. The van der Waals surface area contributed by atoms with Crippen LogP contribution in [0.2, 0.25) is 0 Å². The summed E-state index contributed by atoms with van der Waals surface area (Å²) in [5.41, 5.74) is 0.907. The fourth-order valence-corrected chi connectivity index (χ4v) is 4.14. The van der Waals surface area contributed by atoms with Crippen LogP contribution in [-0.4, -0.2) is 57.6 Å². The van der Waals surface area contributed by atoms with Gasteiger partial charge in [0.05, 0.1) is 30.8 Å². The Morgan fingerprint density at radius 2 is 2.07 bits per heavy atom. The Morgan fingerprint density at radius 1 is 1.33 bits per heavy atom. The third-order valence-corrected chi connectivity index (χ3v) is 5.82. The van der Waals surface area contributed by atoms with Gasteiger partial charge in [-0.25, -0.2) is 4.79 Å². The molecule has 0 saturated carbocycles. The molecule has 1 fully saturated rings. The van der Waals surface area contributed by atoms with Crippen LogP contribution in [0.3, 0.4) is 0 Å². The molecule has 0 spiro atoms. The SMILES string of the molecule is COc1cccc(SCC(=O)N2CCC(n3ncc(C(=O)O)c3C)CC2)c1. The van der Waals surface area contributed by atoms with Gasteiger partial charge < -0.3 is 14.7 Å². The molecule has 0 atom stereocenters. The quantitative estimate of drug-likeness (QED) is 0.765. The normalized spacial score (nSPS) is 15.0. The number of piperidine rings is 1. The Hall–Kier alpha value is -2.48. The number of amides is 1. The number of carboxylic acids is 1. The molecule has 1 amide bonds. The van der Waals surface area contributed by atoms with Gasteiger partial charge in [0.25, 0.3) is 0 Å². The second-order valence-electron chi connectivity index (χ2n) is 6.47. The number of aromatic nitrogens is 2. The maximum absolute atomic E-state index is 12.5. The number of benzene rings is 1. The maximum Gasteiger partial charge on any atom is 0.339 e. The number of hydrogen-bond acceptors (Lipinski definition) is 5. The Bertz CT molecular complexity index is 828. The van der Waals surface area contributed by atoms with E-state index in [4.69, 9.17) is 9.84 Å². The number of ether oxygens (including phenoxy) is 1. The number of carboxylic acid groups (broad SMARTS) is 1. The summed E-state index contributed by atoms with van der Waals surface area (Å²) >= 11 is 1.50. The molecule has 3 rings (SSSR count). The molecule has 2 heterocycles. The third-order valence-electron chi connectivity index (χ3n) is 4.84. The lowest BCUT2D eigenvalue weighted by molar-refractivity contribution is -0.129. The number of hydrogen-bond donors (Lipinski definition) is 1. The maximum atomic E-state index is 12.5. The molecule has 7 nitrogen and oxygen atoms in total. The van der Waals surface area contributed by atoms with E-state index in [0.29, 0.717) is 24.5 Å². The molecule has 144 valence electrons. The van der Waals surface area contributed by atoms with Crippen molar-refractivity contribution in [3.63, 3.8) is 0 Å². The van der Waals surface area contributed by atoms with Gasteiger partial charge in [-0.05, 0) is 38.0 Å². The highest BCUT2D eigenvalue weighted by Crippen LogP contribution is 2.27. The molecule has 0 bridgehead atoms. The molecule has 27 heavy (non-hydrogen) atoms. The number of carbonyl (C=O) groups excluding carboxylic acids is 1. The largest absolute Gasteiger partial charge is 0.497 e. The number of carbonyl (C=O) groups is 2. The molecule has 0 unspecified atom stereocenters. The molecule has 1 aliphatic heterocycles. The summed E-state index contributed by atoms with van der Waals surface area (Å²) in [5, 5.41) is 13.4. The van der Waals surface area contributed by atoms with E-state index >= 15 is 0 Å². The molecule has 1 aromatic carbocycles. The van der Waals surface area contributed by atoms with Crippen LogP contribution < -0.4 is 4.74 Å². The molecule has 0 aliphatic carbocycles. The minimum atomic E-state index is -0.957. The fourth-order valence-electron chi connectivity index (χ4n) is 3.29. The number of methoxy groups -OCH3 is 1. The third kappa shape index (κ3) is 4.44. The lowest BCUT2D eigenvalue weighted by Gasteiger charge is -2.32. The molecule has 2 aromatic rings. The van der Waals surface area contributed by atoms with Crippen molar-refractivity contribution in [2.24, 2.45) is 0 Å². The van der Waals surface area contributed by atoms with Gasteiger partial charge in [0.15, 0.2) is 0 Å². The predicted molar refractivity (Wildman–Crippen MR) is 102 cm³/mol. The zero-order valence-corrected chi connectivity index (χ0v) is 16.2. The van der Waals surface area contributed by atoms with E-state index in [1.54, 1.807) is 18.7 Å². The van der Waals surface area contributed by atoms with Crippen LogP contribution in [0, 0.1) is 6.92 Å². The zero-order chi connectivity index (χ0) is 19.4. The van der Waals surface area contributed by atoms with Crippen molar-refractivity contribution in [2.45, 2.75) is 30.7 Å². The first-order valence-corrected chi connectivity index (χ1v) is 9.80. The Morgan fingerprint density at radius 3 is 2.70 bits per heavy atom. The van der Waals surface area contributed by atoms with Gasteiger partial charge in [0.2, 0.25) is 5.91 Å². The van der Waals surface area contributed by atoms with Crippen molar-refractivity contribution in [2.75, 3.05) is 26.0 Å². The van der Waals surface area contributed by atoms with Crippen LogP contribution in [0.25, 0.3) is 0 Å². The molecule has 1 N–H and O–H groups in total. The number of likely N-dealkylation sites (tertiary alicyclic amines) is 1. The monoisotopic (exact) mass is 389 g/mol. The highest BCUT2D eigenvalue weighted by molar-refractivity contribution is 8.00. The Balaban J connectivity index is 1.52. The summed E-state index contributed by atoms with van der Waals surface area (Å²) in [5.74, 6) is 0.330. The van der Waals surface area contributed by atoms with E-state index in [1.807, 2.05) is 29.2 Å². The summed E-state index contributed by atoms with van der Waals surface area (Å²) in [6, 6.07) is 7.81. The molecule has 8 heteroatoms. The molecule has 0 radical (unpaired) electrons. The van der Waals surface area contributed by atoms with E-state index in [9.17, 15) is 9.59 Å². The minimum absolute atomic E-state index is 0.115. The van der Waals surface area contributed by atoms with Gasteiger partial charge in [-0.3, -0.25) is 9.48 Å². The number of thioether (sulfide) groups is 1. The summed E-state index contributed by atoms with van der Waals surface area (Å²) in [7, 11) is 1.62. The Labute approximate surface area is 162 Å². The van der Waals surface area contributed by atoms with E-state index in [-0.39, 0.29) is 17.5 Å². The summed E-state index contributed by atoms with van der Waals surface area (Å²) in [6.45, 7) is 3.09. The first-order valence-electron chi connectivity index (χ1n) is 8.81. The number of aromatic carboxylic acids is 1. The smallest absolute Gasteiger partial charge is 0.339 e. The fraction of sp³-hybridized carbons (Fsp3) is 0.421. The first kappa shape index (κ1) is 19.3. The molecular weight excluding hydrogens is 366 g/mol. The standard InChI is InChI=1S/C19H23N3O4S/c1-13-17(19(24)25)11-20-22(13)14-6-8-21(9-7-14)18(23)12-27-16-5-3-4-15(10-16)26-2/h3-5,10-11,14H,6-9,12H2,1-2H3,(H,24,25). The van der Waals surface area contributed by atoms with Crippen LogP contribution in [0.4, 0.5) is 0 Å². The second-order valence-corrected chi connectivity index (χ2v) is 7.52. The minimum Gasteiger partial charge on any atom is -0.497 e. The van der Waals surface area contributed by atoms with Gasteiger partial charge in [-0.2, -0.15) is 5.10 Å². The summed E-state index contributed by atoms with van der Waals surface area (Å²) in [4.78, 5) is 26.6. The lowest BCUT2D eigenvalue weighted by atomic mass is 10.0. The average molecular weight is 389 g/mol. The van der Waals surface area contributed by atoms with E-state index in [0.717, 1.165) is 23.5 Å². The van der Waals surface area contributed by atoms with Crippen LogP contribution in [0.1, 0.15) is 34.9 Å². The zero-order valence-electron chi connectivity index (χ0n) is 15.4. The number of rotatable bonds is 6. The number of nitrogens with zero attached hydrogens (tertiary/aromatic N) is 3. The molecule has 1 saturated heterocycles. The average Bonchev–Trinajstić information content (AvgIpc) is 3.08. The van der Waals surface area contributed by atoms with Crippen molar-refractivity contribution < 1.29 is 19.4 Å². The van der Waals surface area contributed by atoms with Crippen LogP contribution in [0.5, 0.6) is 5.75 Å². The van der Waals surface area contributed by atoms with E-state index in [2.05, 4.69) is 5.10 Å². The van der Waals surface area contributed by atoms with Crippen molar-refractivity contribution in [1.29, 1.82) is 0 Å². The molecule has 1 aliphatic rings. The first-order chi connectivity index (χ1) is 13.0. The van der Waals surface area contributed by atoms with Gasteiger partial charge >= 0.3 is 5.97 Å². The van der Waals surface area contributed by atoms with E-state index < -0.39 is 5.97 Å². The van der Waals surface area contributed by atoms with Gasteiger partial charge in [-0.15, -0.1) is 11.8 Å². The van der Waals surface area contributed by atoms with Crippen LogP contribution in [0.15, 0.2) is 35.4 Å². The van der Waals surface area contributed by atoms with Crippen LogP contribution >= 0.6 is 11.8 Å². The van der Waals surface area contributed by atoms with Crippen molar-refractivity contribution in [1.82, 2.24) is 14.7 Å². The van der Waals surface area contributed by atoms with Crippen molar-refractivity contribution >= 4 is 23.6 Å². The van der Waals surface area contributed by atoms with Gasteiger partial charge in [0.1, 0.15) is 11.3 Å². The second kappa shape index (κ2) is 8.47. The lowest BCUT2D eigenvalue weighted by Crippen LogP contribution is -2.40. The summed E-state index contributed by atoms with van der Waals surface area (Å²) < 4.78 is 6.99. The molecular formula is C19H23N3O4S. The topological polar surface area (TPSA) is 84.7 Å². The predicted octanol–water partition coefficient (Wildman–Crippen LogP) is 2.85. The molecule has 1 aromatic heterocycles. The van der Waals surface area contributed by atoms with Crippen LogP contribution in [-0.2, 0) is 4.79 Å². The highest BCUT2D eigenvalue weighted by Gasteiger charge is 2.26.